The maximum atomic E-state index is 13.6. The maximum absolute atomic E-state index is 13.6. The first-order chi connectivity index (χ1) is 15.8. The lowest BCUT2D eigenvalue weighted by atomic mass is 9.95. The van der Waals surface area contributed by atoms with Gasteiger partial charge >= 0.3 is 5.97 Å². The van der Waals surface area contributed by atoms with Crippen LogP contribution in [-0.2, 0) is 9.53 Å². The van der Waals surface area contributed by atoms with Crippen LogP contribution in [0.25, 0.3) is 6.08 Å². The summed E-state index contributed by atoms with van der Waals surface area (Å²) in [6.45, 7) is 3.80. The van der Waals surface area contributed by atoms with Gasteiger partial charge in [0.15, 0.2) is 4.80 Å². The number of carbonyl (C=O) groups excluding carboxylic acids is 1. The number of thiazole rings is 1. The van der Waals surface area contributed by atoms with Crippen molar-refractivity contribution in [2.75, 3.05) is 25.6 Å². The summed E-state index contributed by atoms with van der Waals surface area (Å²) >= 11 is 4.79. The smallest absolute Gasteiger partial charge is 0.338 e. The summed E-state index contributed by atoms with van der Waals surface area (Å²) in [7, 11) is 3.93. The molecule has 4 rings (SSSR count). The predicted octanol–water partition coefficient (Wildman–Crippen LogP) is 3.63. The van der Waals surface area contributed by atoms with Gasteiger partial charge < -0.3 is 9.64 Å². The summed E-state index contributed by atoms with van der Waals surface area (Å²) in [5.74, 6) is -0.457. The molecular weight excluding hydrogens is 502 g/mol. The first-order valence-electron chi connectivity index (χ1n) is 10.5. The number of fused-ring (bicyclic) bond motifs is 1. The molecule has 0 bridgehead atoms. The molecule has 1 aliphatic heterocycles. The summed E-state index contributed by atoms with van der Waals surface area (Å²) in [6, 6.07) is 15.0. The molecule has 2 heterocycles. The molecule has 0 saturated heterocycles. The van der Waals surface area contributed by atoms with Gasteiger partial charge in [-0.2, -0.15) is 0 Å². The van der Waals surface area contributed by atoms with E-state index in [4.69, 9.17) is 4.74 Å². The Morgan fingerprint density at radius 2 is 1.97 bits per heavy atom. The Balaban J connectivity index is 1.94. The van der Waals surface area contributed by atoms with Crippen molar-refractivity contribution in [3.05, 3.63) is 95.1 Å². The Morgan fingerprint density at radius 1 is 1.24 bits per heavy atom. The highest BCUT2D eigenvalue weighted by Crippen LogP contribution is 2.31. The molecule has 0 radical (unpaired) electrons. The highest BCUT2D eigenvalue weighted by Gasteiger charge is 2.33. The fourth-order valence-corrected chi connectivity index (χ4v) is 5.27. The van der Waals surface area contributed by atoms with E-state index < -0.39 is 12.0 Å². The molecule has 3 aromatic rings. The lowest BCUT2D eigenvalue weighted by Gasteiger charge is -2.25. The number of esters is 1. The molecular formula is C25H24BrN3O3S. The van der Waals surface area contributed by atoms with Gasteiger partial charge in [-0.3, -0.25) is 9.36 Å². The second-order valence-electron chi connectivity index (χ2n) is 7.84. The van der Waals surface area contributed by atoms with Crippen molar-refractivity contribution < 1.29 is 9.53 Å². The number of anilines is 1. The van der Waals surface area contributed by atoms with Gasteiger partial charge in [0, 0.05) is 24.3 Å². The third-order valence-electron chi connectivity index (χ3n) is 5.39. The Kier molecular flexibility index (Phi) is 6.67. The first-order valence-corrected chi connectivity index (χ1v) is 12.1. The number of nitrogens with zero attached hydrogens (tertiary/aromatic N) is 3. The van der Waals surface area contributed by atoms with Crippen molar-refractivity contribution in [1.82, 2.24) is 4.57 Å². The number of hydrogen-bond donors (Lipinski definition) is 0. The van der Waals surface area contributed by atoms with Crippen LogP contribution in [0.5, 0.6) is 0 Å². The minimum atomic E-state index is -0.610. The summed E-state index contributed by atoms with van der Waals surface area (Å²) in [4.78, 5) is 33.7. The normalized spacial score (nSPS) is 15.8. The van der Waals surface area contributed by atoms with Crippen molar-refractivity contribution in [3.8, 4) is 0 Å². The van der Waals surface area contributed by atoms with Crippen LogP contribution in [-0.4, -0.2) is 31.2 Å². The molecule has 8 heteroatoms. The van der Waals surface area contributed by atoms with Crippen LogP contribution < -0.4 is 19.8 Å². The van der Waals surface area contributed by atoms with E-state index in [1.807, 2.05) is 73.6 Å². The first kappa shape index (κ1) is 23.2. The van der Waals surface area contributed by atoms with Gasteiger partial charge in [0.25, 0.3) is 5.56 Å². The maximum Gasteiger partial charge on any atom is 0.338 e. The van der Waals surface area contributed by atoms with Gasteiger partial charge in [-0.25, -0.2) is 9.79 Å². The molecule has 0 amide bonds. The standard InChI is InChI=1S/C25H24BrN3O3S/c1-5-32-24(31)21-15(2)27-25-29(22(21)17-9-11-19(12-10-17)28(3)4)23(30)20(33-25)14-16-7-6-8-18(26)13-16/h6-14,22H,5H2,1-4H3/b20-14+/t22-/m1/s1. The number of allylic oxidation sites excluding steroid dienone is 1. The number of halogens is 1. The van der Waals surface area contributed by atoms with Gasteiger partial charge in [-0.15, -0.1) is 0 Å². The van der Waals surface area contributed by atoms with Crippen LogP contribution in [0.15, 0.2) is 74.1 Å². The van der Waals surface area contributed by atoms with Gasteiger partial charge in [0.1, 0.15) is 0 Å². The zero-order valence-corrected chi connectivity index (χ0v) is 21.2. The van der Waals surface area contributed by atoms with E-state index in [2.05, 4.69) is 20.9 Å². The fraction of sp³-hybridized carbons (Fsp3) is 0.240. The minimum Gasteiger partial charge on any atom is -0.463 e. The van der Waals surface area contributed by atoms with Crippen LogP contribution in [0.2, 0.25) is 0 Å². The summed E-state index contributed by atoms with van der Waals surface area (Å²) < 4.78 is 8.44. The summed E-state index contributed by atoms with van der Waals surface area (Å²) in [5, 5.41) is 0. The largest absolute Gasteiger partial charge is 0.463 e. The number of rotatable bonds is 5. The predicted molar refractivity (Wildman–Crippen MR) is 135 cm³/mol. The quantitative estimate of drug-likeness (QED) is 0.477. The Morgan fingerprint density at radius 3 is 2.61 bits per heavy atom. The van der Waals surface area contributed by atoms with Crippen LogP contribution in [0.3, 0.4) is 0 Å². The summed E-state index contributed by atoms with van der Waals surface area (Å²) in [5.41, 5.74) is 3.52. The zero-order valence-electron chi connectivity index (χ0n) is 18.8. The second-order valence-corrected chi connectivity index (χ2v) is 9.77. The van der Waals surface area contributed by atoms with Crippen molar-refractivity contribution in [3.63, 3.8) is 0 Å². The number of carbonyl (C=O) groups is 1. The fourth-order valence-electron chi connectivity index (χ4n) is 3.81. The summed E-state index contributed by atoms with van der Waals surface area (Å²) in [6.07, 6.45) is 1.85. The van der Waals surface area contributed by atoms with E-state index in [0.29, 0.717) is 20.6 Å². The minimum absolute atomic E-state index is 0.185. The molecule has 1 aromatic heterocycles. The lowest BCUT2D eigenvalue weighted by Crippen LogP contribution is -2.39. The van der Waals surface area contributed by atoms with Crippen molar-refractivity contribution in [2.45, 2.75) is 19.9 Å². The Hall–Kier alpha value is -2.97. The van der Waals surface area contributed by atoms with Crippen molar-refractivity contribution >= 4 is 45.0 Å². The molecule has 33 heavy (non-hydrogen) atoms. The van der Waals surface area contributed by atoms with Gasteiger partial charge in [-0.05, 0) is 55.3 Å². The molecule has 0 N–H and O–H groups in total. The number of aromatic nitrogens is 1. The zero-order chi connectivity index (χ0) is 23.7. The third kappa shape index (κ3) is 4.58. The van der Waals surface area contributed by atoms with Gasteiger partial charge in [0.05, 0.1) is 28.5 Å². The Bertz CT molecular complexity index is 1420. The Labute approximate surface area is 204 Å². The van der Waals surface area contributed by atoms with Crippen LogP contribution in [0.4, 0.5) is 5.69 Å². The SMILES string of the molecule is CCOC(=O)C1=C(C)N=c2s/c(=C/c3cccc(Br)c3)c(=O)n2[C@@H]1c1ccc(N(C)C)cc1. The number of ether oxygens (including phenoxy) is 1. The van der Waals surface area contributed by atoms with Crippen molar-refractivity contribution in [2.24, 2.45) is 4.99 Å². The molecule has 1 aliphatic rings. The highest BCUT2D eigenvalue weighted by molar-refractivity contribution is 9.10. The van der Waals surface area contributed by atoms with E-state index in [1.165, 1.54) is 11.3 Å². The molecule has 6 nitrogen and oxygen atoms in total. The molecule has 0 fully saturated rings. The van der Waals surface area contributed by atoms with Gasteiger partial charge in [-0.1, -0.05) is 51.5 Å². The highest BCUT2D eigenvalue weighted by atomic mass is 79.9. The van der Waals surface area contributed by atoms with E-state index in [1.54, 1.807) is 18.4 Å². The molecule has 1 atom stereocenters. The molecule has 0 aliphatic carbocycles. The van der Waals surface area contributed by atoms with Crippen LogP contribution >= 0.6 is 27.3 Å². The topological polar surface area (TPSA) is 63.9 Å². The number of benzene rings is 2. The van der Waals surface area contributed by atoms with E-state index in [0.717, 1.165) is 21.3 Å². The van der Waals surface area contributed by atoms with Gasteiger partial charge in [0.2, 0.25) is 0 Å². The van der Waals surface area contributed by atoms with E-state index in [9.17, 15) is 9.59 Å². The second kappa shape index (κ2) is 9.49. The average Bonchev–Trinajstić information content (AvgIpc) is 3.07. The lowest BCUT2D eigenvalue weighted by molar-refractivity contribution is -0.139. The molecule has 170 valence electrons. The third-order valence-corrected chi connectivity index (χ3v) is 6.86. The van der Waals surface area contributed by atoms with E-state index in [-0.39, 0.29) is 12.2 Å². The molecule has 0 saturated carbocycles. The molecule has 0 spiro atoms. The van der Waals surface area contributed by atoms with Crippen LogP contribution in [0, 0.1) is 0 Å². The molecule has 2 aromatic carbocycles. The molecule has 0 unspecified atom stereocenters. The average molecular weight is 526 g/mol. The van der Waals surface area contributed by atoms with Crippen molar-refractivity contribution in [1.29, 1.82) is 0 Å². The van der Waals surface area contributed by atoms with E-state index >= 15 is 0 Å². The monoisotopic (exact) mass is 525 g/mol. The number of hydrogen-bond acceptors (Lipinski definition) is 6. The van der Waals surface area contributed by atoms with Crippen LogP contribution in [0.1, 0.15) is 31.0 Å².